The van der Waals surface area contributed by atoms with E-state index in [4.69, 9.17) is 0 Å². The van der Waals surface area contributed by atoms with Gasteiger partial charge < -0.3 is 15.3 Å². The molecule has 7 heteroatoms. The molecule has 3 atom stereocenters. The van der Waals surface area contributed by atoms with Gasteiger partial charge in [0.1, 0.15) is 6.04 Å². The van der Waals surface area contributed by atoms with Crippen molar-refractivity contribution in [3.8, 4) is 0 Å². The number of hydrogen-bond donors (Lipinski definition) is 2. The van der Waals surface area contributed by atoms with E-state index in [0.29, 0.717) is 5.75 Å². The summed E-state index contributed by atoms with van der Waals surface area (Å²) in [5.74, 6) is -0.457. The highest BCUT2D eigenvalue weighted by atomic mass is 32.2. The molecule has 2 N–H and O–H groups in total. The molecule has 0 radical (unpaired) electrons. The molecule has 1 heterocycles. The molecule has 1 saturated heterocycles. The maximum atomic E-state index is 12.4. The highest BCUT2D eigenvalue weighted by Crippen LogP contribution is 2.32. The molecule has 0 spiro atoms. The van der Waals surface area contributed by atoms with Gasteiger partial charge in [0.05, 0.1) is 5.37 Å². The van der Waals surface area contributed by atoms with Crippen molar-refractivity contribution >= 4 is 23.8 Å². The third-order valence-electron chi connectivity index (χ3n) is 3.16. The Morgan fingerprint density at radius 2 is 2.15 bits per heavy atom. The van der Waals surface area contributed by atoms with E-state index in [1.54, 1.807) is 11.8 Å². The van der Waals surface area contributed by atoms with Crippen LogP contribution in [0, 0.1) is 0 Å². The Hall–Kier alpha value is -0.950. The second-order valence-corrected chi connectivity index (χ2v) is 6.66. The largest absolute Gasteiger partial charge is 0.480 e. The highest BCUT2D eigenvalue weighted by Gasteiger charge is 2.41. The number of hydrogen-bond acceptors (Lipinski definition) is 4. The number of carboxylic acids is 1. The molecule has 0 aromatic heterocycles. The average Bonchev–Trinajstić information content (AvgIpc) is 2.72. The maximum absolute atomic E-state index is 12.4. The van der Waals surface area contributed by atoms with Crippen LogP contribution in [0.15, 0.2) is 0 Å². The van der Waals surface area contributed by atoms with Crippen molar-refractivity contribution in [2.24, 2.45) is 0 Å². The molecule has 3 unspecified atom stereocenters. The van der Waals surface area contributed by atoms with Gasteiger partial charge in [-0.25, -0.2) is 9.59 Å². The minimum absolute atomic E-state index is 0.0141. The van der Waals surface area contributed by atoms with Gasteiger partial charge in [0, 0.05) is 18.3 Å². The van der Waals surface area contributed by atoms with Gasteiger partial charge in [-0.2, -0.15) is 0 Å². The molecule has 0 aromatic rings. The van der Waals surface area contributed by atoms with Crippen LogP contribution in [0.5, 0.6) is 0 Å². The van der Waals surface area contributed by atoms with Gasteiger partial charge in [0.2, 0.25) is 0 Å². The van der Waals surface area contributed by atoms with Crippen LogP contribution < -0.4 is 5.32 Å². The number of thioether (sulfide) groups is 1. The first-order chi connectivity index (χ1) is 9.36. The van der Waals surface area contributed by atoms with Crippen molar-refractivity contribution < 1.29 is 14.7 Å². The number of nitrogens with one attached hydrogen (secondary N) is 1. The third kappa shape index (κ3) is 4.56. The standard InChI is InChI=1S/C13H25N3O3S/c1-5-6-11-16(10(8-20-11)12(17)18)13(19)14-9(2)7-15(3)4/h9-11H,5-8H2,1-4H3,(H,14,19)(H,17,18). The first-order valence-electron chi connectivity index (χ1n) is 6.94. The van der Waals surface area contributed by atoms with E-state index in [-0.39, 0.29) is 17.4 Å². The molecular weight excluding hydrogens is 278 g/mol. The number of carbonyl (C=O) groups excluding carboxylic acids is 1. The number of likely N-dealkylation sites (N-methyl/N-ethyl adjacent to an activating group) is 1. The van der Waals surface area contributed by atoms with Gasteiger partial charge >= 0.3 is 12.0 Å². The number of nitrogens with zero attached hydrogens (tertiary/aromatic N) is 2. The van der Waals surface area contributed by atoms with Crippen LogP contribution in [0.3, 0.4) is 0 Å². The van der Waals surface area contributed by atoms with Crippen LogP contribution in [-0.4, -0.2) is 70.8 Å². The number of carbonyl (C=O) groups is 2. The Labute approximate surface area is 124 Å². The predicted molar refractivity (Wildman–Crippen MR) is 81.0 cm³/mol. The third-order valence-corrected chi connectivity index (χ3v) is 4.51. The Morgan fingerprint density at radius 1 is 1.50 bits per heavy atom. The predicted octanol–water partition coefficient (Wildman–Crippen LogP) is 1.27. The summed E-state index contributed by atoms with van der Waals surface area (Å²) in [7, 11) is 3.88. The summed E-state index contributed by atoms with van der Waals surface area (Å²) >= 11 is 1.55. The molecule has 1 rings (SSSR count). The summed E-state index contributed by atoms with van der Waals surface area (Å²) in [5.41, 5.74) is 0. The summed E-state index contributed by atoms with van der Waals surface area (Å²) < 4.78 is 0. The zero-order valence-corrected chi connectivity index (χ0v) is 13.4. The fourth-order valence-corrected chi connectivity index (χ4v) is 3.89. The molecule has 1 aliphatic rings. The molecule has 0 aromatic carbocycles. The molecule has 1 fully saturated rings. The lowest BCUT2D eigenvalue weighted by Gasteiger charge is -2.29. The van der Waals surface area contributed by atoms with Crippen molar-refractivity contribution in [3.05, 3.63) is 0 Å². The molecule has 116 valence electrons. The smallest absolute Gasteiger partial charge is 0.327 e. The van der Waals surface area contributed by atoms with E-state index in [2.05, 4.69) is 5.32 Å². The zero-order valence-electron chi connectivity index (χ0n) is 12.6. The van der Waals surface area contributed by atoms with E-state index >= 15 is 0 Å². The second kappa shape index (κ2) is 7.73. The normalized spacial score (nSPS) is 23.9. The summed E-state index contributed by atoms with van der Waals surface area (Å²) in [6.45, 7) is 4.69. The van der Waals surface area contributed by atoms with E-state index in [9.17, 15) is 14.7 Å². The maximum Gasteiger partial charge on any atom is 0.327 e. The summed E-state index contributed by atoms with van der Waals surface area (Å²) in [6, 6.07) is -1.00. The van der Waals surface area contributed by atoms with Crippen molar-refractivity contribution in [3.63, 3.8) is 0 Å². The molecule has 0 saturated carbocycles. The molecule has 20 heavy (non-hydrogen) atoms. The topological polar surface area (TPSA) is 72.9 Å². The van der Waals surface area contributed by atoms with Crippen LogP contribution in [0.2, 0.25) is 0 Å². The van der Waals surface area contributed by atoms with Gasteiger partial charge in [-0.05, 0) is 27.4 Å². The molecule has 0 aliphatic carbocycles. The van der Waals surface area contributed by atoms with Crippen molar-refractivity contribution in [2.45, 2.75) is 44.1 Å². The molecule has 1 aliphatic heterocycles. The second-order valence-electron chi connectivity index (χ2n) is 5.45. The molecular formula is C13H25N3O3S. The Morgan fingerprint density at radius 3 is 2.65 bits per heavy atom. The lowest BCUT2D eigenvalue weighted by molar-refractivity contribution is -0.141. The fraction of sp³-hybridized carbons (Fsp3) is 0.846. The number of urea groups is 1. The van der Waals surface area contributed by atoms with Crippen molar-refractivity contribution in [1.29, 1.82) is 0 Å². The summed E-state index contributed by atoms with van der Waals surface area (Å²) in [4.78, 5) is 27.1. The van der Waals surface area contributed by atoms with Gasteiger partial charge in [-0.1, -0.05) is 13.3 Å². The van der Waals surface area contributed by atoms with E-state index in [1.807, 2.05) is 32.8 Å². The Bertz CT molecular complexity index is 352. The minimum Gasteiger partial charge on any atom is -0.480 e. The monoisotopic (exact) mass is 303 g/mol. The Balaban J connectivity index is 2.70. The van der Waals surface area contributed by atoms with E-state index in [0.717, 1.165) is 19.4 Å². The van der Waals surface area contributed by atoms with Crippen LogP contribution >= 0.6 is 11.8 Å². The van der Waals surface area contributed by atoms with Gasteiger partial charge in [0.15, 0.2) is 0 Å². The number of aliphatic carboxylic acids is 1. The van der Waals surface area contributed by atoms with Crippen LogP contribution in [0.4, 0.5) is 4.79 Å². The SMILES string of the molecule is CCCC1SCC(C(=O)O)N1C(=O)NC(C)CN(C)C. The zero-order chi connectivity index (χ0) is 15.3. The highest BCUT2D eigenvalue weighted by molar-refractivity contribution is 8.00. The molecule has 2 amide bonds. The summed E-state index contributed by atoms with van der Waals surface area (Å²) in [5, 5.41) is 12.1. The van der Waals surface area contributed by atoms with Crippen LogP contribution in [0.1, 0.15) is 26.7 Å². The first-order valence-corrected chi connectivity index (χ1v) is 7.99. The van der Waals surface area contributed by atoms with E-state index in [1.165, 1.54) is 4.90 Å². The first kappa shape index (κ1) is 17.1. The van der Waals surface area contributed by atoms with Crippen LogP contribution in [-0.2, 0) is 4.79 Å². The lowest BCUT2D eigenvalue weighted by atomic mass is 10.2. The number of carboxylic acid groups (broad SMARTS) is 1. The Kier molecular flexibility index (Phi) is 6.61. The number of rotatable bonds is 6. The minimum atomic E-state index is -0.925. The lowest BCUT2D eigenvalue weighted by Crippen LogP contribution is -2.53. The van der Waals surface area contributed by atoms with Gasteiger partial charge in [-0.15, -0.1) is 11.8 Å². The fourth-order valence-electron chi connectivity index (χ4n) is 2.37. The van der Waals surface area contributed by atoms with Gasteiger partial charge in [-0.3, -0.25) is 4.90 Å². The van der Waals surface area contributed by atoms with Crippen molar-refractivity contribution in [1.82, 2.24) is 15.1 Å². The van der Waals surface area contributed by atoms with Crippen LogP contribution in [0.25, 0.3) is 0 Å². The quantitative estimate of drug-likeness (QED) is 0.773. The average molecular weight is 303 g/mol. The molecule has 0 bridgehead atoms. The van der Waals surface area contributed by atoms with E-state index < -0.39 is 12.0 Å². The summed E-state index contributed by atoms with van der Waals surface area (Å²) in [6.07, 6.45) is 1.75. The molecule has 6 nitrogen and oxygen atoms in total. The van der Waals surface area contributed by atoms with Crippen molar-refractivity contribution in [2.75, 3.05) is 26.4 Å². The van der Waals surface area contributed by atoms with Gasteiger partial charge in [0.25, 0.3) is 0 Å². The number of amides is 2.